The van der Waals surface area contributed by atoms with Crippen molar-refractivity contribution in [3.8, 4) is 100 Å². The van der Waals surface area contributed by atoms with Gasteiger partial charge < -0.3 is 0 Å². The van der Waals surface area contributed by atoms with E-state index >= 15 is 0 Å². The van der Waals surface area contributed by atoms with Crippen molar-refractivity contribution in [1.82, 2.24) is 4.98 Å². The number of allylic oxidation sites excluding steroid dienone is 8. The SMILES string of the molecule is C1=CCCC(c2cc(-c3ccc(-c4ccccc4)cc3)cc(-c3cccc(-c4cc(-c5ccccc5)nc(-c5cccc(-c6cc(C7=CC=CC7)cc(-c7ccc(-c8ccccc8)cc7)c6)c5)c4)c3)c2)=C1. The Morgan fingerprint density at radius 1 is 0.239 bits per heavy atom. The normalized spacial score (nSPS) is 13.0. The molecule has 2 aliphatic rings. The average molecular weight is 906 g/mol. The molecule has 0 N–H and O–H groups in total. The molecule has 0 fully saturated rings. The molecule has 0 spiro atoms. The van der Waals surface area contributed by atoms with E-state index in [0.29, 0.717) is 0 Å². The first-order valence-electron chi connectivity index (χ1n) is 24.8. The van der Waals surface area contributed by atoms with Gasteiger partial charge in [-0.05, 0) is 180 Å². The fourth-order valence-corrected chi connectivity index (χ4v) is 10.1. The van der Waals surface area contributed by atoms with Gasteiger partial charge in [-0.3, -0.25) is 0 Å². The van der Waals surface area contributed by atoms with E-state index in [4.69, 9.17) is 4.98 Å². The van der Waals surface area contributed by atoms with Crippen LogP contribution in [0.5, 0.6) is 0 Å². The van der Waals surface area contributed by atoms with Gasteiger partial charge >= 0.3 is 0 Å². The van der Waals surface area contributed by atoms with Crippen LogP contribution >= 0.6 is 0 Å². The average Bonchev–Trinajstić information content (AvgIpc) is 4.02. The zero-order chi connectivity index (χ0) is 47.3. The van der Waals surface area contributed by atoms with Crippen molar-refractivity contribution in [1.29, 1.82) is 0 Å². The van der Waals surface area contributed by atoms with Gasteiger partial charge in [0.25, 0.3) is 0 Å². The number of rotatable bonds is 11. The van der Waals surface area contributed by atoms with Crippen LogP contribution in [0.2, 0.25) is 0 Å². The molecule has 0 saturated carbocycles. The summed E-state index contributed by atoms with van der Waals surface area (Å²) in [6, 6.07) is 86.4. The van der Waals surface area contributed by atoms with Gasteiger partial charge in [-0.25, -0.2) is 4.98 Å². The molecule has 0 aliphatic heterocycles. The third kappa shape index (κ3) is 9.47. The summed E-state index contributed by atoms with van der Waals surface area (Å²) < 4.78 is 0. The van der Waals surface area contributed by atoms with Crippen LogP contribution in [0.3, 0.4) is 0 Å². The van der Waals surface area contributed by atoms with Crippen LogP contribution in [0.15, 0.2) is 273 Å². The fraction of sp³-hybridized carbons (Fsp3) is 0.0429. The Morgan fingerprint density at radius 2 is 0.577 bits per heavy atom. The largest absolute Gasteiger partial charge is 0.248 e. The molecule has 9 aromatic carbocycles. The Hall–Kier alpha value is -8.91. The first-order valence-corrected chi connectivity index (χ1v) is 24.8. The molecule has 336 valence electrons. The van der Waals surface area contributed by atoms with Gasteiger partial charge in [-0.2, -0.15) is 0 Å². The Labute approximate surface area is 417 Å². The molecule has 0 bridgehead atoms. The maximum atomic E-state index is 5.40. The fourth-order valence-electron chi connectivity index (χ4n) is 10.1. The minimum Gasteiger partial charge on any atom is -0.248 e. The van der Waals surface area contributed by atoms with Gasteiger partial charge in [0.2, 0.25) is 0 Å². The highest BCUT2D eigenvalue weighted by molar-refractivity contribution is 5.87. The smallest absolute Gasteiger partial charge is 0.0715 e. The van der Waals surface area contributed by atoms with Gasteiger partial charge in [-0.15, -0.1) is 0 Å². The molecule has 0 unspecified atom stereocenters. The lowest BCUT2D eigenvalue weighted by molar-refractivity contribution is 1.05. The second-order valence-corrected chi connectivity index (χ2v) is 18.6. The van der Waals surface area contributed by atoms with Crippen molar-refractivity contribution in [2.75, 3.05) is 0 Å². The van der Waals surface area contributed by atoms with E-state index in [1.807, 2.05) is 0 Å². The highest BCUT2D eigenvalue weighted by Crippen LogP contribution is 2.39. The Kier molecular flexibility index (Phi) is 12.0. The Morgan fingerprint density at radius 3 is 1.06 bits per heavy atom. The van der Waals surface area contributed by atoms with Crippen LogP contribution in [0.4, 0.5) is 0 Å². The molecule has 71 heavy (non-hydrogen) atoms. The summed E-state index contributed by atoms with van der Waals surface area (Å²) in [5, 5.41) is 0. The first-order chi connectivity index (χ1) is 35.1. The maximum absolute atomic E-state index is 5.40. The molecule has 0 saturated heterocycles. The third-order valence-electron chi connectivity index (χ3n) is 14.0. The Balaban J connectivity index is 0.928. The van der Waals surface area contributed by atoms with Gasteiger partial charge in [0, 0.05) is 11.1 Å². The van der Waals surface area contributed by atoms with E-state index in [2.05, 4.69) is 273 Å². The van der Waals surface area contributed by atoms with Crippen LogP contribution in [-0.2, 0) is 0 Å². The number of hydrogen-bond acceptors (Lipinski definition) is 1. The molecule has 12 rings (SSSR count). The topological polar surface area (TPSA) is 12.9 Å². The number of aromatic nitrogens is 1. The monoisotopic (exact) mass is 905 g/mol. The Bertz CT molecular complexity index is 3670. The van der Waals surface area contributed by atoms with Crippen LogP contribution in [-0.4, -0.2) is 4.98 Å². The lowest BCUT2D eigenvalue weighted by atomic mass is 9.89. The van der Waals surface area contributed by atoms with E-state index in [-0.39, 0.29) is 0 Å². The zero-order valence-electron chi connectivity index (χ0n) is 39.5. The minimum absolute atomic E-state index is 0.932. The molecule has 0 amide bonds. The highest BCUT2D eigenvalue weighted by Gasteiger charge is 2.16. The van der Waals surface area contributed by atoms with E-state index in [0.717, 1.165) is 58.5 Å². The number of hydrogen-bond donors (Lipinski definition) is 0. The molecule has 2 aliphatic carbocycles. The summed E-state index contributed by atoms with van der Waals surface area (Å²) in [5.74, 6) is 0. The first kappa shape index (κ1) is 43.4. The van der Waals surface area contributed by atoms with E-state index in [1.165, 1.54) is 83.5 Å². The summed E-state index contributed by atoms with van der Waals surface area (Å²) in [6.07, 6.45) is 16.4. The lowest BCUT2D eigenvalue weighted by Crippen LogP contribution is -1.93. The molecule has 1 heterocycles. The molecular formula is C70H51N. The standard InChI is InChI=1S/C70H51N/c1-5-17-49(18-6-1)53-31-35-55(36-32-53)64-41-62(51-21-9-3-10-22-51)43-66(45-64)58-27-15-28-59(39-58)68-47-69(57-25-11-4-12-26-57)71-70(48-68)61-30-16-29-60(40-61)67-44-63(52-23-13-14-24-52)42-65(46-67)56-37-33-54(34-38-56)50-19-7-2-8-20-50/h1-9,11-21,23,25-48H,10,22,24H2. The number of benzene rings is 9. The predicted molar refractivity (Wildman–Crippen MR) is 301 cm³/mol. The predicted octanol–water partition coefficient (Wildman–Crippen LogP) is 19.2. The molecule has 1 heteroatoms. The van der Waals surface area contributed by atoms with Crippen molar-refractivity contribution in [2.45, 2.75) is 19.3 Å². The van der Waals surface area contributed by atoms with Gasteiger partial charge in [-0.1, -0.05) is 212 Å². The van der Waals surface area contributed by atoms with Crippen molar-refractivity contribution < 1.29 is 0 Å². The van der Waals surface area contributed by atoms with Crippen LogP contribution < -0.4 is 0 Å². The lowest BCUT2D eigenvalue weighted by Gasteiger charge is -2.16. The summed E-state index contributed by atoms with van der Waals surface area (Å²) in [7, 11) is 0. The van der Waals surface area contributed by atoms with Crippen molar-refractivity contribution in [2.24, 2.45) is 0 Å². The summed E-state index contributed by atoms with van der Waals surface area (Å²) in [5.41, 5.74) is 25.9. The zero-order valence-corrected chi connectivity index (χ0v) is 39.5. The molecule has 10 aromatic rings. The molecule has 1 aromatic heterocycles. The molecule has 0 radical (unpaired) electrons. The second-order valence-electron chi connectivity index (χ2n) is 18.6. The quantitative estimate of drug-likeness (QED) is 0.126. The summed E-state index contributed by atoms with van der Waals surface area (Å²) >= 11 is 0. The van der Waals surface area contributed by atoms with E-state index in [1.54, 1.807) is 0 Å². The van der Waals surface area contributed by atoms with Gasteiger partial charge in [0.1, 0.15) is 0 Å². The van der Waals surface area contributed by atoms with E-state index in [9.17, 15) is 0 Å². The molecule has 0 atom stereocenters. The van der Waals surface area contributed by atoms with Gasteiger partial charge in [0.05, 0.1) is 11.4 Å². The maximum Gasteiger partial charge on any atom is 0.0715 e. The highest BCUT2D eigenvalue weighted by atomic mass is 14.7. The van der Waals surface area contributed by atoms with Crippen molar-refractivity contribution >= 4 is 11.1 Å². The van der Waals surface area contributed by atoms with E-state index < -0.39 is 0 Å². The summed E-state index contributed by atoms with van der Waals surface area (Å²) in [6.45, 7) is 0. The third-order valence-corrected chi connectivity index (χ3v) is 14.0. The van der Waals surface area contributed by atoms with Gasteiger partial charge in [0.15, 0.2) is 0 Å². The number of pyridine rings is 1. The molecule has 1 nitrogen and oxygen atoms in total. The van der Waals surface area contributed by atoms with Crippen LogP contribution in [0, 0.1) is 0 Å². The van der Waals surface area contributed by atoms with Crippen molar-refractivity contribution in [3.05, 3.63) is 284 Å². The number of nitrogens with zero attached hydrogens (tertiary/aromatic N) is 1. The van der Waals surface area contributed by atoms with Crippen molar-refractivity contribution in [3.63, 3.8) is 0 Å². The second kappa shape index (κ2) is 19.6. The van der Waals surface area contributed by atoms with Crippen LogP contribution in [0.1, 0.15) is 30.4 Å². The summed E-state index contributed by atoms with van der Waals surface area (Å²) in [4.78, 5) is 5.40. The molecular weight excluding hydrogens is 855 g/mol. The minimum atomic E-state index is 0.932. The van der Waals surface area contributed by atoms with Crippen LogP contribution in [0.25, 0.3) is 112 Å².